The van der Waals surface area contributed by atoms with E-state index in [1.807, 2.05) is 13.8 Å². The second-order valence-electron chi connectivity index (χ2n) is 3.02. The second kappa shape index (κ2) is 6.65. The van der Waals surface area contributed by atoms with Crippen molar-refractivity contribution in [2.75, 3.05) is 7.05 Å². The van der Waals surface area contributed by atoms with Crippen molar-refractivity contribution in [1.29, 1.82) is 0 Å². The molecule has 0 aromatic heterocycles. The Kier molecular flexibility index (Phi) is 5.86. The molecule has 0 saturated carbocycles. The minimum atomic E-state index is -0.510. The fourth-order valence-electron chi connectivity index (χ4n) is 0.988. The van der Waals surface area contributed by atoms with Crippen LogP contribution in [0.4, 0.5) is 4.79 Å². The molecule has 1 amide bonds. The highest BCUT2D eigenvalue weighted by Crippen LogP contribution is 2.17. The van der Waals surface area contributed by atoms with Gasteiger partial charge in [-0.1, -0.05) is 30.9 Å². The highest BCUT2D eigenvalue weighted by molar-refractivity contribution is 5.69. The third kappa shape index (κ3) is 4.31. The van der Waals surface area contributed by atoms with E-state index in [1.165, 1.54) is 7.05 Å². The van der Waals surface area contributed by atoms with E-state index in [2.05, 4.69) is 18.5 Å². The molecule has 0 aliphatic rings. The van der Waals surface area contributed by atoms with Crippen LogP contribution in [0.5, 0.6) is 0 Å². The van der Waals surface area contributed by atoms with Gasteiger partial charge in [0, 0.05) is 12.6 Å². The van der Waals surface area contributed by atoms with E-state index in [-0.39, 0.29) is 0 Å². The number of hydrogen-bond donors (Lipinski definition) is 1. The molecule has 0 unspecified atom stereocenters. The van der Waals surface area contributed by atoms with Gasteiger partial charge in [0.05, 0.1) is 0 Å². The van der Waals surface area contributed by atoms with Gasteiger partial charge in [0.25, 0.3) is 0 Å². The zero-order chi connectivity index (χ0) is 11.8. The van der Waals surface area contributed by atoms with Crippen LogP contribution < -0.4 is 5.32 Å². The maximum absolute atomic E-state index is 11.1. The van der Waals surface area contributed by atoms with Gasteiger partial charge in [-0.3, -0.25) is 0 Å². The van der Waals surface area contributed by atoms with Crippen LogP contribution in [-0.2, 0) is 4.74 Å². The van der Waals surface area contributed by atoms with Crippen molar-refractivity contribution in [3.8, 4) is 0 Å². The van der Waals surface area contributed by atoms with E-state index in [4.69, 9.17) is 4.74 Å². The lowest BCUT2D eigenvalue weighted by Gasteiger charge is -2.10. The standard InChI is InChI=1S/C12H17NO2/c1-6-8-11(15-12(14)13-5)10(7-2)9(3)4/h6-8H,1-2H2,3-5H3,(H,13,14)/b11-8+. The monoisotopic (exact) mass is 207 g/mol. The van der Waals surface area contributed by atoms with Gasteiger partial charge in [-0.2, -0.15) is 0 Å². The SMILES string of the molecule is C=C/C=C(/OC(=O)NC)C(C=C)=C(C)C. The van der Waals surface area contributed by atoms with Crippen LogP contribution in [-0.4, -0.2) is 13.1 Å². The van der Waals surface area contributed by atoms with Crippen molar-refractivity contribution in [2.45, 2.75) is 13.8 Å². The zero-order valence-electron chi connectivity index (χ0n) is 9.46. The summed E-state index contributed by atoms with van der Waals surface area (Å²) in [5, 5.41) is 2.38. The maximum atomic E-state index is 11.1. The molecular weight excluding hydrogens is 190 g/mol. The number of carbonyl (C=O) groups is 1. The Morgan fingerprint density at radius 2 is 1.93 bits per heavy atom. The molecule has 0 bridgehead atoms. The van der Waals surface area contributed by atoms with Crippen molar-refractivity contribution in [2.24, 2.45) is 0 Å². The van der Waals surface area contributed by atoms with Crippen LogP contribution in [0, 0.1) is 0 Å². The molecule has 82 valence electrons. The third-order valence-electron chi connectivity index (χ3n) is 1.68. The van der Waals surface area contributed by atoms with Crippen LogP contribution in [0.3, 0.4) is 0 Å². The molecule has 0 spiro atoms. The third-order valence-corrected chi connectivity index (χ3v) is 1.68. The average Bonchev–Trinajstić information content (AvgIpc) is 2.18. The lowest BCUT2D eigenvalue weighted by Crippen LogP contribution is -2.19. The van der Waals surface area contributed by atoms with Crippen LogP contribution in [0.2, 0.25) is 0 Å². The molecule has 0 aliphatic heterocycles. The van der Waals surface area contributed by atoms with Crippen molar-refractivity contribution >= 4 is 6.09 Å². The predicted octanol–water partition coefficient (Wildman–Crippen LogP) is 2.93. The molecule has 0 rings (SSSR count). The summed E-state index contributed by atoms with van der Waals surface area (Å²) in [6, 6.07) is 0. The van der Waals surface area contributed by atoms with Crippen LogP contribution in [0.25, 0.3) is 0 Å². The van der Waals surface area contributed by atoms with Gasteiger partial charge in [0.2, 0.25) is 0 Å². The zero-order valence-corrected chi connectivity index (χ0v) is 9.46. The Morgan fingerprint density at radius 3 is 2.27 bits per heavy atom. The van der Waals surface area contributed by atoms with E-state index in [9.17, 15) is 4.79 Å². The minimum Gasteiger partial charge on any atom is -0.410 e. The summed E-state index contributed by atoms with van der Waals surface area (Å²) in [6.45, 7) is 11.1. The highest BCUT2D eigenvalue weighted by atomic mass is 16.6. The molecule has 0 heterocycles. The number of ether oxygens (including phenoxy) is 1. The molecule has 0 aromatic carbocycles. The van der Waals surface area contributed by atoms with Crippen LogP contribution in [0.15, 0.2) is 48.3 Å². The van der Waals surface area contributed by atoms with Gasteiger partial charge < -0.3 is 10.1 Å². The van der Waals surface area contributed by atoms with Gasteiger partial charge in [0.1, 0.15) is 5.76 Å². The Hall–Kier alpha value is -1.77. The first-order chi connectivity index (χ1) is 7.06. The highest BCUT2D eigenvalue weighted by Gasteiger charge is 2.08. The van der Waals surface area contributed by atoms with E-state index >= 15 is 0 Å². The quantitative estimate of drug-likeness (QED) is 0.568. The van der Waals surface area contributed by atoms with E-state index < -0.39 is 6.09 Å². The fraction of sp³-hybridized carbons (Fsp3) is 0.250. The number of amides is 1. The number of hydrogen-bond acceptors (Lipinski definition) is 2. The van der Waals surface area contributed by atoms with Gasteiger partial charge in [-0.15, -0.1) is 0 Å². The summed E-state index contributed by atoms with van der Waals surface area (Å²) in [6.07, 6.45) is 4.32. The fourth-order valence-corrected chi connectivity index (χ4v) is 0.988. The summed E-state index contributed by atoms with van der Waals surface area (Å²) in [4.78, 5) is 11.1. The lowest BCUT2D eigenvalue weighted by atomic mass is 10.1. The van der Waals surface area contributed by atoms with E-state index in [0.717, 1.165) is 11.1 Å². The smallest absolute Gasteiger partial charge is 0.410 e. The molecule has 0 saturated heterocycles. The first-order valence-electron chi connectivity index (χ1n) is 4.59. The molecule has 0 fully saturated rings. The van der Waals surface area contributed by atoms with Crippen molar-refractivity contribution in [3.63, 3.8) is 0 Å². The van der Waals surface area contributed by atoms with E-state index in [1.54, 1.807) is 18.2 Å². The van der Waals surface area contributed by atoms with Crippen molar-refractivity contribution in [1.82, 2.24) is 5.32 Å². The molecule has 1 N–H and O–H groups in total. The molecule has 0 aromatic rings. The van der Waals surface area contributed by atoms with Crippen molar-refractivity contribution in [3.05, 3.63) is 48.3 Å². The second-order valence-corrected chi connectivity index (χ2v) is 3.02. The molecule has 0 radical (unpaired) electrons. The average molecular weight is 207 g/mol. The lowest BCUT2D eigenvalue weighted by molar-refractivity contribution is 0.180. The minimum absolute atomic E-state index is 0.444. The molecule has 3 nitrogen and oxygen atoms in total. The number of rotatable bonds is 4. The number of nitrogens with one attached hydrogen (secondary N) is 1. The Labute approximate surface area is 90.8 Å². The predicted molar refractivity (Wildman–Crippen MR) is 62.4 cm³/mol. The Bertz CT molecular complexity index is 321. The normalized spacial score (nSPS) is 10.2. The van der Waals surface area contributed by atoms with Gasteiger partial charge in [-0.05, 0) is 19.9 Å². The van der Waals surface area contributed by atoms with Crippen LogP contribution >= 0.6 is 0 Å². The summed E-state index contributed by atoms with van der Waals surface area (Å²) in [5.74, 6) is 0.444. The Morgan fingerprint density at radius 1 is 1.33 bits per heavy atom. The molecule has 15 heavy (non-hydrogen) atoms. The van der Waals surface area contributed by atoms with Gasteiger partial charge in [-0.25, -0.2) is 4.79 Å². The first kappa shape index (κ1) is 13.2. The van der Waals surface area contributed by atoms with Crippen LogP contribution in [0.1, 0.15) is 13.8 Å². The first-order valence-corrected chi connectivity index (χ1v) is 4.59. The Balaban J connectivity index is 5.06. The van der Waals surface area contributed by atoms with Crippen molar-refractivity contribution < 1.29 is 9.53 Å². The molecular formula is C12H17NO2. The number of carbonyl (C=O) groups excluding carboxylic acids is 1. The van der Waals surface area contributed by atoms with Gasteiger partial charge >= 0.3 is 6.09 Å². The molecule has 0 aliphatic carbocycles. The summed E-state index contributed by atoms with van der Waals surface area (Å²) >= 11 is 0. The number of alkyl carbamates (subject to hydrolysis) is 1. The topological polar surface area (TPSA) is 38.3 Å². The van der Waals surface area contributed by atoms with Gasteiger partial charge in [0.15, 0.2) is 0 Å². The summed E-state index contributed by atoms with van der Waals surface area (Å²) in [5.41, 5.74) is 1.81. The maximum Gasteiger partial charge on any atom is 0.412 e. The largest absolute Gasteiger partial charge is 0.412 e. The van der Waals surface area contributed by atoms with E-state index in [0.29, 0.717) is 5.76 Å². The number of allylic oxidation sites excluding steroid dienone is 4. The summed E-state index contributed by atoms with van der Waals surface area (Å²) < 4.78 is 5.07. The molecule has 0 atom stereocenters. The molecule has 3 heteroatoms. The summed E-state index contributed by atoms with van der Waals surface area (Å²) in [7, 11) is 1.50.